The Morgan fingerprint density at radius 1 is 0.636 bits per heavy atom. The molecule has 44 heavy (non-hydrogen) atoms. The van der Waals surface area contributed by atoms with Gasteiger partial charge in [0.15, 0.2) is 0 Å². The van der Waals surface area contributed by atoms with Gasteiger partial charge < -0.3 is 19.3 Å². The molecule has 230 valence electrons. The first-order valence-corrected chi connectivity index (χ1v) is 17.7. The number of pyridine rings is 1. The number of carbonyl (C=O) groups is 1. The number of aromatic nitrogens is 1. The van der Waals surface area contributed by atoms with Crippen molar-refractivity contribution in [1.82, 2.24) is 19.3 Å². The second-order valence-electron chi connectivity index (χ2n) is 14.9. The summed E-state index contributed by atoms with van der Waals surface area (Å²) < 4.78 is 2.10. The van der Waals surface area contributed by atoms with Crippen LogP contribution < -0.4 is 5.56 Å². The number of amides is 1. The summed E-state index contributed by atoms with van der Waals surface area (Å²) in [5.41, 5.74) is 6.86. The summed E-state index contributed by atoms with van der Waals surface area (Å²) in [6.07, 6.45) is 14.4. The standard InChI is InChI=1S/C19H24N2O.C19H22N2O/c2*22-19-16-6-2-4-14-3-1-5-15(18(14)16)11-21(19)17-12-20-9-7-13(17)8-10-20/h2,4,6,13,15,17H,1,3,5,7-12H2;2,4,6,11,13,17H,1,3,5,7-10,12H2/t15-,17-;17-/m11/s1. The van der Waals surface area contributed by atoms with Crippen molar-refractivity contribution in [2.75, 3.05) is 45.8 Å². The largest absolute Gasteiger partial charge is 0.333 e. The van der Waals surface area contributed by atoms with Gasteiger partial charge in [-0.05, 0) is 142 Å². The maximum Gasteiger partial charge on any atom is 0.258 e. The number of hydrogen-bond donors (Lipinski definition) is 0. The van der Waals surface area contributed by atoms with Crippen LogP contribution in [0.2, 0.25) is 0 Å². The molecule has 1 amide bonds. The molecule has 4 bridgehead atoms. The van der Waals surface area contributed by atoms with Gasteiger partial charge in [-0.1, -0.05) is 24.3 Å². The number of fused-ring (bicyclic) bond motifs is 6. The smallest absolute Gasteiger partial charge is 0.258 e. The molecule has 6 heteroatoms. The first kappa shape index (κ1) is 27.4. The van der Waals surface area contributed by atoms with Crippen LogP contribution in [0.15, 0.2) is 47.4 Å². The quantitative estimate of drug-likeness (QED) is 0.401. The van der Waals surface area contributed by atoms with Crippen molar-refractivity contribution < 1.29 is 4.79 Å². The molecule has 6 nitrogen and oxygen atoms in total. The molecule has 6 saturated heterocycles. The molecule has 8 heterocycles. The maximum atomic E-state index is 13.1. The third-order valence-corrected chi connectivity index (χ3v) is 12.6. The summed E-state index contributed by atoms with van der Waals surface area (Å²) in [5.74, 6) is 2.34. The summed E-state index contributed by atoms with van der Waals surface area (Å²) in [6.45, 7) is 8.08. The fraction of sp³-hybridized carbons (Fsp3) is 0.579. The molecular weight excluding hydrogens is 544 g/mol. The lowest BCUT2D eigenvalue weighted by Crippen LogP contribution is -2.60. The van der Waals surface area contributed by atoms with Crippen molar-refractivity contribution in [2.45, 2.75) is 82.2 Å². The average molecular weight is 591 g/mol. The summed E-state index contributed by atoms with van der Waals surface area (Å²) >= 11 is 0. The molecule has 6 fully saturated rings. The fourth-order valence-electron chi connectivity index (χ4n) is 10.4. The zero-order chi connectivity index (χ0) is 29.4. The first-order valence-electron chi connectivity index (χ1n) is 17.7. The van der Waals surface area contributed by atoms with E-state index in [-0.39, 0.29) is 5.56 Å². The number of hydrogen-bond acceptors (Lipinski definition) is 4. The maximum absolute atomic E-state index is 13.1. The van der Waals surface area contributed by atoms with Gasteiger partial charge in [0.1, 0.15) is 0 Å². The number of aryl methyl sites for hydroxylation is 3. The van der Waals surface area contributed by atoms with E-state index in [2.05, 4.69) is 55.8 Å². The van der Waals surface area contributed by atoms with E-state index in [1.165, 1.54) is 98.8 Å². The Kier molecular flexibility index (Phi) is 6.74. The highest BCUT2D eigenvalue weighted by atomic mass is 16.2. The molecule has 1 aromatic heterocycles. The Morgan fingerprint density at radius 3 is 2.02 bits per heavy atom. The summed E-state index contributed by atoms with van der Waals surface area (Å²) in [4.78, 5) is 33.6. The molecule has 2 aliphatic carbocycles. The summed E-state index contributed by atoms with van der Waals surface area (Å²) in [5, 5.41) is 2.21. The molecule has 0 unspecified atom stereocenters. The number of carbonyl (C=O) groups excluding carboxylic acids is 1. The Bertz CT molecular complexity index is 1660. The Balaban J connectivity index is 0.000000123. The van der Waals surface area contributed by atoms with Crippen LogP contribution in [0, 0.1) is 11.8 Å². The van der Waals surface area contributed by atoms with Crippen LogP contribution in [0.4, 0.5) is 0 Å². The van der Waals surface area contributed by atoms with Gasteiger partial charge in [0.2, 0.25) is 0 Å². The van der Waals surface area contributed by atoms with Crippen molar-refractivity contribution in [3.63, 3.8) is 0 Å². The van der Waals surface area contributed by atoms with Crippen molar-refractivity contribution >= 4 is 16.7 Å². The Morgan fingerprint density at radius 2 is 1.30 bits per heavy atom. The SMILES string of the molecule is O=C1c2cccc3c2[C@H](CCC3)CN1[C@@H]1CN2CCC1CC2.O=c1c2cccc3c2c(cn1[C@@H]1CN2CCC1CC2)CCC3. The Labute approximate surface area is 261 Å². The van der Waals surface area contributed by atoms with E-state index in [0.717, 1.165) is 55.8 Å². The van der Waals surface area contributed by atoms with E-state index < -0.39 is 0 Å². The van der Waals surface area contributed by atoms with Gasteiger partial charge in [-0.2, -0.15) is 0 Å². The molecule has 12 rings (SSSR count). The summed E-state index contributed by atoms with van der Waals surface area (Å²) in [6, 6.07) is 13.6. The number of piperidine rings is 6. The fourth-order valence-corrected chi connectivity index (χ4v) is 10.4. The number of benzene rings is 2. The molecular formula is C38H46N4O2. The van der Waals surface area contributed by atoms with Crippen LogP contribution in [0.3, 0.4) is 0 Å². The molecule has 0 spiro atoms. The molecule has 3 atom stereocenters. The number of nitrogens with zero attached hydrogens (tertiary/aromatic N) is 4. The van der Waals surface area contributed by atoms with Gasteiger partial charge in [0, 0.05) is 48.7 Å². The highest BCUT2D eigenvalue weighted by Crippen LogP contribution is 2.42. The van der Waals surface area contributed by atoms with E-state index in [4.69, 9.17) is 0 Å². The van der Waals surface area contributed by atoms with E-state index in [1.807, 2.05) is 6.07 Å². The van der Waals surface area contributed by atoms with E-state index in [1.54, 1.807) is 0 Å². The lowest BCUT2D eigenvalue weighted by atomic mass is 9.75. The molecule has 9 aliphatic rings. The van der Waals surface area contributed by atoms with Crippen LogP contribution in [0.5, 0.6) is 0 Å². The predicted molar refractivity (Wildman–Crippen MR) is 175 cm³/mol. The normalized spacial score (nSPS) is 33.1. The van der Waals surface area contributed by atoms with Crippen LogP contribution in [0.1, 0.15) is 89.5 Å². The molecule has 0 N–H and O–H groups in total. The number of rotatable bonds is 2. The minimum Gasteiger partial charge on any atom is -0.333 e. The van der Waals surface area contributed by atoms with Gasteiger partial charge in [-0.3, -0.25) is 9.59 Å². The lowest BCUT2D eigenvalue weighted by molar-refractivity contribution is 0.00258. The zero-order valence-electron chi connectivity index (χ0n) is 26.1. The molecule has 0 saturated carbocycles. The first-order chi connectivity index (χ1) is 21.6. The van der Waals surface area contributed by atoms with Crippen LogP contribution >= 0.6 is 0 Å². The molecule has 3 aromatic rings. The average Bonchev–Trinajstić information content (AvgIpc) is 3.09. The second kappa shape index (κ2) is 10.8. The van der Waals surface area contributed by atoms with Crippen molar-refractivity contribution in [2.24, 2.45) is 11.8 Å². The minimum absolute atomic E-state index is 0.237. The third-order valence-electron chi connectivity index (χ3n) is 12.6. The topological polar surface area (TPSA) is 48.8 Å². The van der Waals surface area contributed by atoms with Crippen molar-refractivity contribution in [1.29, 1.82) is 0 Å². The molecule has 7 aliphatic heterocycles. The van der Waals surface area contributed by atoms with Gasteiger partial charge in [0.05, 0.1) is 6.04 Å². The van der Waals surface area contributed by atoms with Crippen LogP contribution in [-0.4, -0.2) is 77.0 Å². The van der Waals surface area contributed by atoms with Gasteiger partial charge >= 0.3 is 0 Å². The van der Waals surface area contributed by atoms with Crippen LogP contribution in [-0.2, 0) is 19.3 Å². The second-order valence-corrected chi connectivity index (χ2v) is 14.9. The van der Waals surface area contributed by atoms with E-state index in [9.17, 15) is 9.59 Å². The molecule has 2 aromatic carbocycles. The summed E-state index contributed by atoms with van der Waals surface area (Å²) in [7, 11) is 0. The van der Waals surface area contributed by atoms with E-state index >= 15 is 0 Å². The van der Waals surface area contributed by atoms with Gasteiger partial charge in [-0.15, -0.1) is 0 Å². The lowest BCUT2D eigenvalue weighted by Gasteiger charge is -2.51. The Hall–Kier alpha value is -2.96. The predicted octanol–water partition coefficient (Wildman–Crippen LogP) is 5.41. The third kappa shape index (κ3) is 4.42. The van der Waals surface area contributed by atoms with Crippen molar-refractivity contribution in [3.8, 4) is 0 Å². The van der Waals surface area contributed by atoms with Crippen LogP contribution in [0.25, 0.3) is 10.8 Å². The highest BCUT2D eigenvalue weighted by Gasteiger charge is 2.44. The zero-order valence-corrected chi connectivity index (χ0v) is 26.1. The minimum atomic E-state index is 0.237. The molecule has 0 radical (unpaired) electrons. The monoisotopic (exact) mass is 590 g/mol. The highest BCUT2D eigenvalue weighted by molar-refractivity contribution is 5.98. The van der Waals surface area contributed by atoms with Gasteiger partial charge in [0.25, 0.3) is 11.5 Å². The van der Waals surface area contributed by atoms with E-state index in [0.29, 0.717) is 29.8 Å². The van der Waals surface area contributed by atoms with Crippen molar-refractivity contribution in [3.05, 3.63) is 80.8 Å². The van der Waals surface area contributed by atoms with Gasteiger partial charge in [-0.25, -0.2) is 0 Å².